The molecule has 1 atom stereocenters. The van der Waals surface area contributed by atoms with Crippen molar-refractivity contribution in [3.63, 3.8) is 0 Å². The van der Waals surface area contributed by atoms with E-state index in [9.17, 15) is 0 Å². The molecule has 2 heteroatoms. The number of rotatable bonds is 4. The Labute approximate surface area is 61.5 Å². The molecule has 0 heterocycles. The van der Waals surface area contributed by atoms with Crippen molar-refractivity contribution in [1.29, 1.82) is 0 Å². The van der Waals surface area contributed by atoms with Gasteiger partial charge in [0.05, 0.1) is 6.10 Å². The fourth-order valence-electron chi connectivity index (χ4n) is 0.614. The average Bonchev–Trinajstić information content (AvgIpc) is 1.85. The van der Waals surface area contributed by atoms with E-state index in [1.807, 2.05) is 6.92 Å². The van der Waals surface area contributed by atoms with Crippen LogP contribution in [0.25, 0.3) is 0 Å². The summed E-state index contributed by atoms with van der Waals surface area (Å²) in [7, 11) is 0. The van der Waals surface area contributed by atoms with E-state index in [2.05, 4.69) is 6.58 Å². The molecular formula is C8H14O2. The smallest absolute Gasteiger partial charge is 0.108 e. The summed E-state index contributed by atoms with van der Waals surface area (Å²) in [5.41, 5.74) is 0. The highest BCUT2D eigenvalue weighted by Crippen LogP contribution is 1.98. The molecular weight excluding hydrogens is 128 g/mol. The zero-order chi connectivity index (χ0) is 7.98. The Hall–Kier alpha value is -0.760. The van der Waals surface area contributed by atoms with Crippen molar-refractivity contribution in [2.24, 2.45) is 0 Å². The minimum atomic E-state index is -0.450. The summed E-state index contributed by atoms with van der Waals surface area (Å²) in [5.74, 6) is -0.0184. The first-order valence-electron chi connectivity index (χ1n) is 3.41. The van der Waals surface area contributed by atoms with Gasteiger partial charge in [0.1, 0.15) is 5.76 Å². The van der Waals surface area contributed by atoms with Gasteiger partial charge in [0.2, 0.25) is 0 Å². The molecule has 0 aromatic rings. The Morgan fingerprint density at radius 3 is 2.70 bits per heavy atom. The molecule has 2 N–H and O–H groups in total. The molecule has 10 heavy (non-hydrogen) atoms. The van der Waals surface area contributed by atoms with Crippen LogP contribution < -0.4 is 0 Å². The van der Waals surface area contributed by atoms with Crippen molar-refractivity contribution in [3.05, 3.63) is 24.5 Å². The van der Waals surface area contributed by atoms with Crippen LogP contribution in [0.3, 0.4) is 0 Å². The zero-order valence-electron chi connectivity index (χ0n) is 6.25. The maximum absolute atomic E-state index is 9.06. The van der Waals surface area contributed by atoms with Crippen LogP contribution in [-0.2, 0) is 0 Å². The molecule has 0 saturated carbocycles. The lowest BCUT2D eigenvalue weighted by atomic mass is 10.2. The van der Waals surface area contributed by atoms with E-state index in [1.165, 1.54) is 12.2 Å². The Kier molecular flexibility index (Phi) is 4.67. The third-order valence-corrected chi connectivity index (χ3v) is 1.10. The van der Waals surface area contributed by atoms with E-state index in [4.69, 9.17) is 10.2 Å². The summed E-state index contributed by atoms with van der Waals surface area (Å²) in [6.45, 7) is 5.24. The predicted octanol–water partition coefficient (Wildman–Crippen LogP) is 1.78. The van der Waals surface area contributed by atoms with Crippen LogP contribution in [-0.4, -0.2) is 16.3 Å². The van der Waals surface area contributed by atoms with Gasteiger partial charge in [-0.05, 0) is 12.5 Å². The van der Waals surface area contributed by atoms with Gasteiger partial charge >= 0.3 is 0 Å². The molecule has 0 rings (SSSR count). The van der Waals surface area contributed by atoms with Crippen LogP contribution in [0.1, 0.15) is 19.8 Å². The highest BCUT2D eigenvalue weighted by molar-refractivity contribution is 5.06. The first-order valence-corrected chi connectivity index (χ1v) is 3.41. The Bertz CT molecular complexity index is 127. The van der Waals surface area contributed by atoms with E-state index in [-0.39, 0.29) is 5.76 Å². The van der Waals surface area contributed by atoms with E-state index < -0.39 is 6.10 Å². The first kappa shape index (κ1) is 9.24. The van der Waals surface area contributed by atoms with Gasteiger partial charge in [-0.3, -0.25) is 0 Å². The topological polar surface area (TPSA) is 40.5 Å². The van der Waals surface area contributed by atoms with Crippen molar-refractivity contribution in [3.8, 4) is 0 Å². The second-order valence-corrected chi connectivity index (χ2v) is 2.21. The van der Waals surface area contributed by atoms with E-state index in [0.29, 0.717) is 0 Å². The van der Waals surface area contributed by atoms with Crippen molar-refractivity contribution >= 4 is 0 Å². The number of hydrogen-bond acceptors (Lipinski definition) is 2. The molecule has 0 radical (unpaired) electrons. The SMILES string of the molecule is C=C(O)C=CC(O)CCC. The van der Waals surface area contributed by atoms with E-state index in [1.54, 1.807) is 0 Å². The quantitative estimate of drug-likeness (QED) is 0.464. The van der Waals surface area contributed by atoms with Crippen LogP contribution in [0, 0.1) is 0 Å². The Morgan fingerprint density at radius 2 is 2.30 bits per heavy atom. The molecule has 0 aliphatic rings. The van der Waals surface area contributed by atoms with Crippen molar-refractivity contribution < 1.29 is 10.2 Å². The molecule has 0 saturated heterocycles. The van der Waals surface area contributed by atoms with Crippen LogP contribution >= 0.6 is 0 Å². The summed E-state index contributed by atoms with van der Waals surface area (Å²) in [6.07, 6.45) is 4.15. The molecule has 0 aromatic heterocycles. The lowest BCUT2D eigenvalue weighted by Crippen LogP contribution is -2.00. The maximum Gasteiger partial charge on any atom is 0.108 e. The summed E-state index contributed by atoms with van der Waals surface area (Å²) < 4.78 is 0. The third kappa shape index (κ3) is 5.38. The van der Waals surface area contributed by atoms with Gasteiger partial charge in [-0.2, -0.15) is 0 Å². The van der Waals surface area contributed by atoms with Gasteiger partial charge < -0.3 is 10.2 Å². The van der Waals surface area contributed by atoms with Crippen LogP contribution in [0.2, 0.25) is 0 Å². The Balaban J connectivity index is 3.55. The van der Waals surface area contributed by atoms with Crippen molar-refractivity contribution in [2.45, 2.75) is 25.9 Å². The second kappa shape index (κ2) is 5.06. The minimum absolute atomic E-state index is 0.0184. The molecule has 1 unspecified atom stereocenters. The van der Waals surface area contributed by atoms with Gasteiger partial charge in [-0.25, -0.2) is 0 Å². The fourth-order valence-corrected chi connectivity index (χ4v) is 0.614. The number of hydrogen-bond donors (Lipinski definition) is 2. The molecule has 0 aliphatic heterocycles. The largest absolute Gasteiger partial charge is 0.509 e. The van der Waals surface area contributed by atoms with Gasteiger partial charge in [0.25, 0.3) is 0 Å². The van der Waals surface area contributed by atoms with Crippen molar-refractivity contribution in [1.82, 2.24) is 0 Å². The molecule has 2 nitrogen and oxygen atoms in total. The minimum Gasteiger partial charge on any atom is -0.509 e. The third-order valence-electron chi connectivity index (χ3n) is 1.10. The number of allylic oxidation sites excluding steroid dienone is 1. The molecule has 0 spiro atoms. The fraction of sp³-hybridized carbons (Fsp3) is 0.500. The van der Waals surface area contributed by atoms with Gasteiger partial charge in [-0.1, -0.05) is 26.0 Å². The molecule has 0 fully saturated rings. The molecule has 0 aromatic carbocycles. The highest BCUT2D eigenvalue weighted by atomic mass is 16.3. The lowest BCUT2D eigenvalue weighted by molar-refractivity contribution is 0.211. The monoisotopic (exact) mass is 142 g/mol. The van der Waals surface area contributed by atoms with Crippen LogP contribution in [0.4, 0.5) is 0 Å². The summed E-state index contributed by atoms with van der Waals surface area (Å²) in [6, 6.07) is 0. The molecule has 58 valence electrons. The normalized spacial score (nSPS) is 13.8. The average molecular weight is 142 g/mol. The lowest BCUT2D eigenvalue weighted by Gasteiger charge is -2.00. The summed E-state index contributed by atoms with van der Waals surface area (Å²) >= 11 is 0. The Morgan fingerprint density at radius 1 is 1.70 bits per heavy atom. The van der Waals surface area contributed by atoms with Gasteiger partial charge in [0.15, 0.2) is 0 Å². The molecule has 0 aliphatic carbocycles. The van der Waals surface area contributed by atoms with Crippen LogP contribution in [0.5, 0.6) is 0 Å². The first-order chi connectivity index (χ1) is 4.66. The summed E-state index contributed by atoms with van der Waals surface area (Å²) in [4.78, 5) is 0. The number of aliphatic hydroxyl groups excluding tert-OH is 2. The highest BCUT2D eigenvalue weighted by Gasteiger charge is 1.94. The van der Waals surface area contributed by atoms with Gasteiger partial charge in [-0.15, -0.1) is 0 Å². The summed E-state index contributed by atoms with van der Waals surface area (Å²) in [5, 5.41) is 17.6. The predicted molar refractivity (Wildman–Crippen MR) is 41.8 cm³/mol. The van der Waals surface area contributed by atoms with Crippen molar-refractivity contribution in [2.75, 3.05) is 0 Å². The second-order valence-electron chi connectivity index (χ2n) is 2.21. The van der Waals surface area contributed by atoms with E-state index >= 15 is 0 Å². The zero-order valence-corrected chi connectivity index (χ0v) is 6.25. The molecule has 0 bridgehead atoms. The van der Waals surface area contributed by atoms with E-state index in [0.717, 1.165) is 12.8 Å². The standard InChI is InChI=1S/C8H14O2/c1-3-4-8(10)6-5-7(2)9/h5-6,8-10H,2-4H2,1H3. The van der Waals surface area contributed by atoms with Gasteiger partial charge in [0, 0.05) is 0 Å². The number of aliphatic hydroxyl groups is 2. The van der Waals surface area contributed by atoms with Crippen LogP contribution in [0.15, 0.2) is 24.5 Å². The maximum atomic E-state index is 9.06. The molecule has 0 amide bonds.